The lowest BCUT2D eigenvalue weighted by Gasteiger charge is -2.18. The van der Waals surface area contributed by atoms with Gasteiger partial charge in [0.1, 0.15) is 11.6 Å². The van der Waals surface area contributed by atoms with E-state index in [1.807, 2.05) is 0 Å². The second kappa shape index (κ2) is 5.61. The Bertz CT molecular complexity index is 644. The van der Waals surface area contributed by atoms with Crippen molar-refractivity contribution in [1.29, 1.82) is 0 Å². The van der Waals surface area contributed by atoms with Crippen LogP contribution in [0, 0.1) is 5.82 Å². The number of hydrogen-bond donors (Lipinski definition) is 1. The van der Waals surface area contributed by atoms with Crippen LogP contribution >= 0.6 is 0 Å². The van der Waals surface area contributed by atoms with Crippen molar-refractivity contribution < 1.29 is 13.9 Å². The van der Waals surface area contributed by atoms with Crippen LogP contribution in [0.4, 0.5) is 15.8 Å². The Morgan fingerprint density at radius 1 is 1.25 bits per heavy atom. The third-order valence-electron chi connectivity index (χ3n) is 2.99. The lowest BCUT2D eigenvalue weighted by molar-refractivity contribution is 0.0993. The van der Waals surface area contributed by atoms with Crippen molar-refractivity contribution in [3.05, 3.63) is 53.8 Å². The van der Waals surface area contributed by atoms with Gasteiger partial charge in [0.2, 0.25) is 0 Å². The van der Waals surface area contributed by atoms with Crippen molar-refractivity contribution in [2.75, 3.05) is 24.8 Å². The molecule has 0 aliphatic heterocycles. The average molecular weight is 274 g/mol. The molecule has 2 aromatic rings. The molecule has 5 heteroatoms. The van der Waals surface area contributed by atoms with Crippen LogP contribution in [0.25, 0.3) is 0 Å². The van der Waals surface area contributed by atoms with Crippen LogP contribution in [-0.4, -0.2) is 20.1 Å². The molecule has 0 saturated carbocycles. The van der Waals surface area contributed by atoms with Crippen LogP contribution in [0.3, 0.4) is 0 Å². The highest BCUT2D eigenvalue weighted by Crippen LogP contribution is 2.23. The average Bonchev–Trinajstić information content (AvgIpc) is 2.46. The summed E-state index contributed by atoms with van der Waals surface area (Å²) in [5, 5.41) is 0. The zero-order chi connectivity index (χ0) is 14.7. The molecule has 0 aromatic heterocycles. The number of carbonyl (C=O) groups is 1. The maximum Gasteiger partial charge on any atom is 0.260 e. The number of nitrogens with zero attached hydrogens (tertiary/aromatic N) is 1. The minimum Gasteiger partial charge on any atom is -0.497 e. The van der Waals surface area contributed by atoms with Crippen LogP contribution < -0.4 is 15.4 Å². The smallest absolute Gasteiger partial charge is 0.260 e. The van der Waals surface area contributed by atoms with E-state index in [-0.39, 0.29) is 5.91 Å². The maximum atomic E-state index is 13.2. The molecular formula is C15H15FN2O2. The Labute approximate surface area is 116 Å². The Morgan fingerprint density at radius 2 is 2.00 bits per heavy atom. The molecule has 0 spiro atoms. The first-order valence-electron chi connectivity index (χ1n) is 6.00. The molecule has 0 bridgehead atoms. The van der Waals surface area contributed by atoms with Crippen molar-refractivity contribution in [3.63, 3.8) is 0 Å². The van der Waals surface area contributed by atoms with Crippen LogP contribution in [0.1, 0.15) is 10.4 Å². The summed E-state index contributed by atoms with van der Waals surface area (Å²) in [6.45, 7) is 0. The zero-order valence-corrected chi connectivity index (χ0v) is 11.3. The van der Waals surface area contributed by atoms with E-state index in [0.717, 1.165) is 0 Å². The monoisotopic (exact) mass is 274 g/mol. The summed E-state index contributed by atoms with van der Waals surface area (Å²) in [5.74, 6) is -0.192. The summed E-state index contributed by atoms with van der Waals surface area (Å²) in [7, 11) is 3.08. The number of hydrogen-bond acceptors (Lipinski definition) is 3. The van der Waals surface area contributed by atoms with Crippen LogP contribution in [-0.2, 0) is 0 Å². The molecule has 2 aromatic carbocycles. The quantitative estimate of drug-likeness (QED) is 0.875. The maximum absolute atomic E-state index is 13.2. The van der Waals surface area contributed by atoms with Gasteiger partial charge in [0.05, 0.1) is 12.7 Å². The molecule has 2 rings (SSSR count). The number of halogens is 1. The fourth-order valence-electron chi connectivity index (χ4n) is 1.83. The van der Waals surface area contributed by atoms with Crippen molar-refractivity contribution in [2.24, 2.45) is 0 Å². The van der Waals surface area contributed by atoms with Crippen molar-refractivity contribution in [2.45, 2.75) is 0 Å². The first-order chi connectivity index (χ1) is 9.52. The Balaban J connectivity index is 2.36. The van der Waals surface area contributed by atoms with Crippen molar-refractivity contribution in [1.82, 2.24) is 0 Å². The van der Waals surface area contributed by atoms with Gasteiger partial charge in [-0.2, -0.15) is 0 Å². The summed E-state index contributed by atoms with van der Waals surface area (Å²) in [6, 6.07) is 10.6. The van der Waals surface area contributed by atoms with Crippen molar-refractivity contribution in [3.8, 4) is 5.75 Å². The molecule has 0 radical (unpaired) electrons. The minimum atomic E-state index is -0.402. The van der Waals surface area contributed by atoms with E-state index in [2.05, 4.69) is 0 Å². The number of rotatable bonds is 3. The molecule has 0 atom stereocenters. The molecule has 1 amide bonds. The van der Waals surface area contributed by atoms with E-state index in [1.54, 1.807) is 37.4 Å². The van der Waals surface area contributed by atoms with Crippen LogP contribution in [0.15, 0.2) is 42.5 Å². The Kier molecular flexibility index (Phi) is 3.89. The second-order valence-electron chi connectivity index (χ2n) is 4.30. The predicted molar refractivity (Wildman–Crippen MR) is 76.5 cm³/mol. The van der Waals surface area contributed by atoms with Gasteiger partial charge in [-0.1, -0.05) is 6.07 Å². The van der Waals surface area contributed by atoms with Gasteiger partial charge in [-0.25, -0.2) is 4.39 Å². The number of nitrogen functional groups attached to an aromatic ring is 1. The molecule has 4 nitrogen and oxygen atoms in total. The summed E-state index contributed by atoms with van der Waals surface area (Å²) in [6.07, 6.45) is 0. The molecule has 0 aliphatic rings. The highest BCUT2D eigenvalue weighted by Gasteiger charge is 2.17. The fraction of sp³-hybridized carbons (Fsp3) is 0.133. The highest BCUT2D eigenvalue weighted by atomic mass is 19.1. The summed E-state index contributed by atoms with van der Waals surface area (Å²) >= 11 is 0. The van der Waals surface area contributed by atoms with Gasteiger partial charge >= 0.3 is 0 Å². The number of ether oxygens (including phenoxy) is 1. The minimum absolute atomic E-state index is 0.316. The molecule has 2 N–H and O–H groups in total. The number of amides is 1. The Hall–Kier alpha value is -2.56. The van der Waals surface area contributed by atoms with E-state index in [1.165, 1.54) is 24.1 Å². The van der Waals surface area contributed by atoms with E-state index in [4.69, 9.17) is 10.5 Å². The van der Waals surface area contributed by atoms with Crippen molar-refractivity contribution >= 4 is 17.3 Å². The van der Waals surface area contributed by atoms with Crippen LogP contribution in [0.5, 0.6) is 5.75 Å². The van der Waals surface area contributed by atoms with Gasteiger partial charge < -0.3 is 15.4 Å². The first kappa shape index (κ1) is 13.9. The van der Waals surface area contributed by atoms with E-state index >= 15 is 0 Å². The number of anilines is 2. The number of benzene rings is 2. The van der Waals surface area contributed by atoms with E-state index in [0.29, 0.717) is 22.7 Å². The fourth-order valence-corrected chi connectivity index (χ4v) is 1.83. The van der Waals surface area contributed by atoms with Crippen LogP contribution in [0.2, 0.25) is 0 Å². The van der Waals surface area contributed by atoms with Gasteiger partial charge in [-0.3, -0.25) is 4.79 Å². The predicted octanol–water partition coefficient (Wildman–Crippen LogP) is 2.69. The molecule has 20 heavy (non-hydrogen) atoms. The lowest BCUT2D eigenvalue weighted by atomic mass is 10.1. The molecular weight excluding hydrogens is 259 g/mol. The number of carbonyl (C=O) groups excluding carboxylic acids is 1. The molecule has 0 saturated heterocycles. The van der Waals surface area contributed by atoms with Gasteiger partial charge in [-0.05, 0) is 36.4 Å². The summed E-state index contributed by atoms with van der Waals surface area (Å²) in [4.78, 5) is 13.8. The number of methoxy groups -OCH3 is 1. The standard InChI is InChI=1S/C15H15FN2O2/c1-18(11-5-3-4-10(16)8-11)15(19)13-9-12(20-2)6-7-14(13)17/h3-9H,17H2,1-2H3. The normalized spacial score (nSPS) is 10.2. The number of nitrogens with two attached hydrogens (primary N) is 1. The van der Waals surface area contributed by atoms with Gasteiger partial charge in [-0.15, -0.1) is 0 Å². The lowest BCUT2D eigenvalue weighted by Crippen LogP contribution is -2.27. The Morgan fingerprint density at radius 3 is 2.65 bits per heavy atom. The van der Waals surface area contributed by atoms with E-state index in [9.17, 15) is 9.18 Å². The molecule has 0 fully saturated rings. The zero-order valence-electron chi connectivity index (χ0n) is 11.3. The van der Waals surface area contributed by atoms with Gasteiger partial charge in [0.15, 0.2) is 0 Å². The summed E-state index contributed by atoms with van der Waals surface area (Å²) in [5.41, 5.74) is 6.93. The van der Waals surface area contributed by atoms with E-state index < -0.39 is 5.82 Å². The molecule has 0 aliphatic carbocycles. The largest absolute Gasteiger partial charge is 0.497 e. The third kappa shape index (κ3) is 2.71. The second-order valence-corrected chi connectivity index (χ2v) is 4.30. The van der Waals surface area contributed by atoms with Gasteiger partial charge in [0.25, 0.3) is 5.91 Å². The SMILES string of the molecule is COc1ccc(N)c(C(=O)N(C)c2cccc(F)c2)c1. The topological polar surface area (TPSA) is 55.6 Å². The van der Waals surface area contributed by atoms with Gasteiger partial charge in [0, 0.05) is 18.4 Å². The molecule has 104 valence electrons. The molecule has 0 heterocycles. The summed E-state index contributed by atoms with van der Waals surface area (Å²) < 4.78 is 18.3. The first-order valence-corrected chi connectivity index (χ1v) is 6.00. The highest BCUT2D eigenvalue weighted by molar-refractivity contribution is 6.09. The third-order valence-corrected chi connectivity index (χ3v) is 2.99. The molecule has 0 unspecified atom stereocenters.